The van der Waals surface area contributed by atoms with Gasteiger partial charge in [0, 0.05) is 18.8 Å². The smallest absolute Gasteiger partial charge is 0.256 e. The minimum atomic E-state index is -0.981. The van der Waals surface area contributed by atoms with E-state index in [4.69, 9.17) is 0 Å². The number of carboxylic acid groups (broad SMARTS) is 1. The van der Waals surface area contributed by atoms with Crippen LogP contribution in [0.4, 0.5) is 0 Å². The summed E-state index contributed by atoms with van der Waals surface area (Å²) in [5, 5.41) is 10.6. The minimum absolute atomic E-state index is 0.0846. The van der Waals surface area contributed by atoms with Gasteiger partial charge in [0.25, 0.3) is 5.82 Å². The molecule has 1 aromatic rings. The van der Waals surface area contributed by atoms with Gasteiger partial charge in [0.05, 0.1) is 13.1 Å². The number of nitrogens with zero attached hydrogens (tertiary/aromatic N) is 2. The maximum absolute atomic E-state index is 10.6. The summed E-state index contributed by atoms with van der Waals surface area (Å²) < 4.78 is 4.26. The van der Waals surface area contributed by atoms with E-state index >= 15 is 0 Å². The highest BCUT2D eigenvalue weighted by atomic mass is 16.4. The molecule has 0 unspecified atom stereocenters. The zero-order valence-corrected chi connectivity index (χ0v) is 12.2. The largest absolute Gasteiger partial charge is 0.550 e. The van der Waals surface area contributed by atoms with Gasteiger partial charge >= 0.3 is 0 Å². The van der Waals surface area contributed by atoms with Crippen LogP contribution in [0.25, 0.3) is 0 Å². The van der Waals surface area contributed by atoms with Crippen molar-refractivity contribution in [3.05, 3.63) is 18.2 Å². The average molecular weight is 266 g/mol. The number of imidazole rings is 1. The van der Waals surface area contributed by atoms with Crippen LogP contribution in [0, 0.1) is 0 Å². The van der Waals surface area contributed by atoms with Gasteiger partial charge < -0.3 is 9.90 Å². The fourth-order valence-electron chi connectivity index (χ4n) is 2.38. The van der Waals surface area contributed by atoms with Crippen molar-refractivity contribution in [1.82, 2.24) is 4.57 Å². The molecule has 108 valence electrons. The Labute approximate surface area is 116 Å². The predicted octanol–water partition coefficient (Wildman–Crippen LogP) is 1.45. The Bertz CT molecular complexity index is 385. The molecule has 4 heteroatoms. The topological polar surface area (TPSA) is 48.9 Å². The number of unbranched alkanes of at least 4 members (excludes halogenated alkanes) is 4. The lowest BCUT2D eigenvalue weighted by atomic mass is 10.1. The quantitative estimate of drug-likeness (QED) is 0.475. The van der Waals surface area contributed by atoms with Crippen molar-refractivity contribution in [2.45, 2.75) is 71.9 Å². The van der Waals surface area contributed by atoms with Crippen molar-refractivity contribution < 1.29 is 14.5 Å². The summed E-state index contributed by atoms with van der Waals surface area (Å²) in [6, 6.07) is 0. The van der Waals surface area contributed by atoms with Gasteiger partial charge in [-0.2, -0.15) is 0 Å². The maximum atomic E-state index is 10.6. The van der Waals surface area contributed by atoms with Crippen LogP contribution >= 0.6 is 0 Å². The van der Waals surface area contributed by atoms with Gasteiger partial charge in [-0.05, 0) is 13.3 Å². The summed E-state index contributed by atoms with van der Waals surface area (Å²) in [5.74, 6) is 0.255. The number of carbonyl (C=O) groups is 1. The van der Waals surface area contributed by atoms with Gasteiger partial charge in [0.2, 0.25) is 0 Å². The van der Waals surface area contributed by atoms with E-state index in [1.165, 1.54) is 37.9 Å². The molecule has 0 spiro atoms. The Morgan fingerprint density at radius 1 is 1.26 bits per heavy atom. The number of carbonyl (C=O) groups excluding carboxylic acids is 1. The molecule has 0 bridgehead atoms. The molecule has 0 radical (unpaired) electrons. The Morgan fingerprint density at radius 3 is 2.63 bits per heavy atom. The monoisotopic (exact) mass is 266 g/mol. The minimum Gasteiger partial charge on any atom is -0.550 e. The lowest BCUT2D eigenvalue weighted by Crippen LogP contribution is -2.40. The van der Waals surface area contributed by atoms with Crippen molar-refractivity contribution in [2.24, 2.45) is 0 Å². The summed E-state index contributed by atoms with van der Waals surface area (Å²) in [6.07, 6.45) is 11.4. The van der Waals surface area contributed by atoms with E-state index in [1.54, 1.807) is 0 Å². The number of aryl methyl sites for hydroxylation is 2. The van der Waals surface area contributed by atoms with Gasteiger partial charge in [-0.1, -0.05) is 32.6 Å². The summed E-state index contributed by atoms with van der Waals surface area (Å²) in [5.41, 5.74) is 0. The highest BCUT2D eigenvalue weighted by Gasteiger charge is 2.15. The first kappa shape index (κ1) is 15.7. The van der Waals surface area contributed by atoms with Crippen molar-refractivity contribution >= 4 is 5.97 Å². The number of hydrogen-bond acceptors (Lipinski definition) is 2. The molecule has 4 nitrogen and oxygen atoms in total. The number of aliphatic carboxylic acids is 1. The Hall–Kier alpha value is -1.32. The Morgan fingerprint density at radius 2 is 2.00 bits per heavy atom. The molecule has 1 heterocycles. The average Bonchev–Trinajstić information content (AvgIpc) is 2.78. The lowest BCUT2D eigenvalue weighted by molar-refractivity contribution is -0.703. The summed E-state index contributed by atoms with van der Waals surface area (Å²) in [4.78, 5) is 10.6. The molecule has 0 aliphatic heterocycles. The second-order valence-electron chi connectivity index (χ2n) is 4.98. The maximum Gasteiger partial charge on any atom is 0.256 e. The third kappa shape index (κ3) is 5.45. The van der Waals surface area contributed by atoms with Crippen LogP contribution in [-0.2, 0) is 24.3 Å². The van der Waals surface area contributed by atoms with Crippen LogP contribution < -0.4 is 9.67 Å². The molecule has 0 fully saturated rings. The van der Waals surface area contributed by atoms with Gasteiger partial charge in [-0.25, -0.2) is 9.13 Å². The zero-order chi connectivity index (χ0) is 14.1. The number of rotatable bonds is 10. The standard InChI is InChI=1S/C15H26N2O2/c1-3-5-6-7-8-9-14-16(4-2)12-13-17(14)11-10-15(18)19/h12-13H,3-11H2,1-2H3. The molecule has 0 saturated heterocycles. The van der Waals surface area contributed by atoms with Gasteiger partial charge in [-0.15, -0.1) is 0 Å². The highest BCUT2D eigenvalue weighted by Crippen LogP contribution is 2.07. The molecule has 0 aliphatic rings. The first-order valence-corrected chi connectivity index (χ1v) is 7.46. The molecule has 0 aromatic carbocycles. The van der Waals surface area contributed by atoms with Crippen LogP contribution in [0.1, 0.15) is 58.2 Å². The van der Waals surface area contributed by atoms with E-state index in [9.17, 15) is 9.90 Å². The van der Waals surface area contributed by atoms with E-state index in [1.807, 2.05) is 12.4 Å². The van der Waals surface area contributed by atoms with Crippen molar-refractivity contribution in [3.63, 3.8) is 0 Å². The van der Waals surface area contributed by atoms with E-state index in [0.29, 0.717) is 6.54 Å². The number of carboxylic acids is 1. The van der Waals surface area contributed by atoms with E-state index in [-0.39, 0.29) is 6.42 Å². The van der Waals surface area contributed by atoms with Gasteiger partial charge in [0.15, 0.2) is 0 Å². The van der Waals surface area contributed by atoms with Crippen molar-refractivity contribution in [3.8, 4) is 0 Å². The Kier molecular flexibility index (Phi) is 7.23. The second-order valence-corrected chi connectivity index (χ2v) is 4.98. The highest BCUT2D eigenvalue weighted by molar-refractivity contribution is 5.63. The lowest BCUT2D eigenvalue weighted by Gasteiger charge is -2.05. The van der Waals surface area contributed by atoms with Crippen LogP contribution in [0.15, 0.2) is 12.4 Å². The number of hydrogen-bond donors (Lipinski definition) is 0. The summed E-state index contributed by atoms with van der Waals surface area (Å²) in [7, 11) is 0. The molecule has 1 aromatic heterocycles. The van der Waals surface area contributed by atoms with Gasteiger partial charge in [0.1, 0.15) is 12.4 Å². The molecule has 0 saturated carbocycles. The first-order valence-electron chi connectivity index (χ1n) is 7.46. The SMILES string of the molecule is CCCCCCCc1n(CC)cc[n+]1CCC(=O)[O-]. The molecule has 1 rings (SSSR count). The predicted molar refractivity (Wildman–Crippen MR) is 72.4 cm³/mol. The van der Waals surface area contributed by atoms with Crippen molar-refractivity contribution in [2.75, 3.05) is 0 Å². The van der Waals surface area contributed by atoms with E-state index < -0.39 is 5.97 Å². The molecular formula is C15H26N2O2. The molecule has 0 atom stereocenters. The summed E-state index contributed by atoms with van der Waals surface area (Å²) >= 11 is 0. The first-order chi connectivity index (χ1) is 9.19. The van der Waals surface area contributed by atoms with Crippen molar-refractivity contribution in [1.29, 1.82) is 0 Å². The Balaban J connectivity index is 2.52. The molecular weight excluding hydrogens is 240 g/mol. The van der Waals surface area contributed by atoms with Crippen LogP contribution in [0.3, 0.4) is 0 Å². The molecule has 19 heavy (non-hydrogen) atoms. The molecule has 0 aliphatic carbocycles. The molecule has 0 amide bonds. The zero-order valence-electron chi connectivity index (χ0n) is 12.2. The third-order valence-corrected chi connectivity index (χ3v) is 3.49. The molecule has 0 N–H and O–H groups in total. The van der Waals surface area contributed by atoms with Gasteiger partial charge in [-0.3, -0.25) is 0 Å². The third-order valence-electron chi connectivity index (χ3n) is 3.49. The fourth-order valence-corrected chi connectivity index (χ4v) is 2.38. The van der Waals surface area contributed by atoms with E-state index in [0.717, 1.165) is 13.0 Å². The summed E-state index contributed by atoms with van der Waals surface area (Å²) in [6.45, 7) is 5.78. The van der Waals surface area contributed by atoms with Crippen LogP contribution in [-0.4, -0.2) is 10.5 Å². The fraction of sp³-hybridized carbons (Fsp3) is 0.733. The van der Waals surface area contributed by atoms with Crippen LogP contribution in [0.2, 0.25) is 0 Å². The van der Waals surface area contributed by atoms with Crippen LogP contribution in [0.5, 0.6) is 0 Å². The normalized spacial score (nSPS) is 10.8. The second kappa shape index (κ2) is 8.73. The number of aromatic nitrogens is 2. The van der Waals surface area contributed by atoms with E-state index in [2.05, 4.69) is 23.0 Å².